The normalized spacial score (nSPS) is 12.8. The fourth-order valence-corrected chi connectivity index (χ4v) is 4.23. The fourth-order valence-electron chi connectivity index (χ4n) is 4.10. The van der Waals surface area contributed by atoms with Crippen LogP contribution in [0.25, 0.3) is 33.2 Å². The Hall–Kier alpha value is -3.25. The van der Waals surface area contributed by atoms with E-state index in [9.17, 15) is 4.79 Å². The Morgan fingerprint density at radius 1 is 0.968 bits per heavy atom. The summed E-state index contributed by atoms with van der Waals surface area (Å²) in [4.78, 5) is 28.2. The molecule has 0 amide bonds. The third-order valence-corrected chi connectivity index (χ3v) is 6.11. The van der Waals surface area contributed by atoms with Gasteiger partial charge in [0.1, 0.15) is 16.7 Å². The number of para-hydroxylation sites is 2. The number of hydrogen-bond donors (Lipinski definition) is 0. The van der Waals surface area contributed by atoms with Crippen LogP contribution in [0.2, 0.25) is 5.02 Å². The molecule has 3 aromatic heterocycles. The van der Waals surface area contributed by atoms with Crippen molar-refractivity contribution in [1.82, 2.24) is 24.1 Å². The second-order valence-electron chi connectivity index (χ2n) is 7.89. The number of hydrogen-bond acceptors (Lipinski definition) is 4. The summed E-state index contributed by atoms with van der Waals surface area (Å²) >= 11 is 6.07. The molecule has 7 heteroatoms. The van der Waals surface area contributed by atoms with Gasteiger partial charge in [0, 0.05) is 11.1 Å². The van der Waals surface area contributed by atoms with E-state index in [2.05, 4.69) is 6.92 Å². The molecule has 0 aliphatic heterocycles. The lowest BCUT2D eigenvalue weighted by atomic mass is 10.2. The van der Waals surface area contributed by atoms with Gasteiger partial charge in [-0.1, -0.05) is 42.8 Å². The number of aromatic nitrogens is 5. The average Bonchev–Trinajstić information content (AvgIpc) is 3.05. The van der Waals surface area contributed by atoms with Crippen molar-refractivity contribution in [2.75, 3.05) is 0 Å². The third kappa shape index (κ3) is 3.18. The second kappa shape index (κ2) is 7.46. The van der Waals surface area contributed by atoms with Gasteiger partial charge in [-0.2, -0.15) is 0 Å². The number of halogens is 1. The van der Waals surface area contributed by atoms with Gasteiger partial charge in [-0.05, 0) is 50.1 Å². The van der Waals surface area contributed by atoms with Crippen LogP contribution in [-0.2, 0) is 6.54 Å². The van der Waals surface area contributed by atoms with Crippen LogP contribution in [-0.4, -0.2) is 24.1 Å². The van der Waals surface area contributed by atoms with E-state index in [-0.39, 0.29) is 11.6 Å². The number of benzene rings is 2. The van der Waals surface area contributed by atoms with Gasteiger partial charge in [-0.15, -0.1) is 0 Å². The maximum absolute atomic E-state index is 13.6. The van der Waals surface area contributed by atoms with E-state index in [0.29, 0.717) is 39.6 Å². The molecule has 31 heavy (non-hydrogen) atoms. The van der Waals surface area contributed by atoms with Crippen molar-refractivity contribution in [1.29, 1.82) is 0 Å². The summed E-state index contributed by atoms with van der Waals surface area (Å²) in [6, 6.07) is 15.4. The topological polar surface area (TPSA) is 65.6 Å². The largest absolute Gasteiger partial charge is 0.304 e. The zero-order chi connectivity index (χ0) is 21.7. The minimum atomic E-state index is -0.0683. The summed E-state index contributed by atoms with van der Waals surface area (Å²) in [5.74, 6) is 0.691. The van der Waals surface area contributed by atoms with Crippen LogP contribution in [0.1, 0.15) is 37.7 Å². The Morgan fingerprint density at radius 2 is 1.65 bits per heavy atom. The van der Waals surface area contributed by atoms with E-state index in [1.165, 1.54) is 0 Å². The Labute approximate surface area is 184 Å². The average molecular weight is 432 g/mol. The summed E-state index contributed by atoms with van der Waals surface area (Å²) in [5, 5.41) is 1.20. The highest BCUT2D eigenvalue weighted by Gasteiger charge is 2.22. The van der Waals surface area contributed by atoms with Crippen LogP contribution < -0.4 is 5.56 Å². The van der Waals surface area contributed by atoms with E-state index < -0.39 is 0 Å². The van der Waals surface area contributed by atoms with Gasteiger partial charge < -0.3 is 4.57 Å². The first-order valence-electron chi connectivity index (χ1n) is 10.4. The van der Waals surface area contributed by atoms with Crippen LogP contribution in [0.5, 0.6) is 0 Å². The highest BCUT2D eigenvalue weighted by Crippen LogP contribution is 2.27. The minimum absolute atomic E-state index is 0.0486. The van der Waals surface area contributed by atoms with Crippen LogP contribution >= 0.6 is 11.6 Å². The van der Waals surface area contributed by atoms with Crippen molar-refractivity contribution < 1.29 is 0 Å². The number of aryl methyl sites for hydroxylation is 1. The summed E-state index contributed by atoms with van der Waals surface area (Å²) < 4.78 is 3.76. The van der Waals surface area contributed by atoms with E-state index in [1.807, 2.05) is 66.9 Å². The van der Waals surface area contributed by atoms with Crippen molar-refractivity contribution in [3.05, 3.63) is 75.3 Å². The van der Waals surface area contributed by atoms with Crippen molar-refractivity contribution in [3.8, 4) is 0 Å². The molecule has 0 N–H and O–H groups in total. The first-order valence-corrected chi connectivity index (χ1v) is 10.8. The van der Waals surface area contributed by atoms with E-state index in [0.717, 1.165) is 23.0 Å². The third-order valence-electron chi connectivity index (χ3n) is 5.86. The predicted molar refractivity (Wildman–Crippen MR) is 125 cm³/mol. The molecule has 0 aliphatic rings. The second-order valence-corrected chi connectivity index (χ2v) is 8.32. The molecule has 0 radical (unpaired) electrons. The molecule has 0 bridgehead atoms. The lowest BCUT2D eigenvalue weighted by Gasteiger charge is -2.16. The fraction of sp³-hybridized carbons (Fsp3) is 0.250. The molecule has 1 unspecified atom stereocenters. The molecule has 5 rings (SSSR count). The number of rotatable bonds is 4. The monoisotopic (exact) mass is 431 g/mol. The van der Waals surface area contributed by atoms with Gasteiger partial charge in [0.25, 0.3) is 5.56 Å². The minimum Gasteiger partial charge on any atom is -0.304 e. The van der Waals surface area contributed by atoms with Crippen LogP contribution in [0.4, 0.5) is 0 Å². The number of nitrogens with zero attached hydrogens (tertiary/aromatic N) is 5. The van der Waals surface area contributed by atoms with Crippen LogP contribution in [0.15, 0.2) is 53.3 Å². The highest BCUT2D eigenvalue weighted by atomic mass is 35.5. The van der Waals surface area contributed by atoms with Crippen molar-refractivity contribution in [2.24, 2.45) is 0 Å². The molecule has 6 nitrogen and oxygen atoms in total. The van der Waals surface area contributed by atoms with Gasteiger partial charge in [-0.25, -0.2) is 15.0 Å². The summed E-state index contributed by atoms with van der Waals surface area (Å²) in [7, 11) is 0. The molecule has 0 aliphatic carbocycles. The Balaban J connectivity index is 1.89. The molecule has 5 aromatic rings. The molecule has 0 saturated carbocycles. The van der Waals surface area contributed by atoms with Gasteiger partial charge in [0.05, 0.1) is 17.6 Å². The maximum atomic E-state index is 13.6. The van der Waals surface area contributed by atoms with Crippen LogP contribution in [0.3, 0.4) is 0 Å². The first kappa shape index (κ1) is 19.7. The Bertz CT molecular complexity index is 1500. The smallest absolute Gasteiger partial charge is 0.265 e. The standard InChI is InChI=1S/C24H22ClN5O/c1-4-14(2)30-15(3)26-22-20(24(30)31)21-23(28-19-8-6-5-7-18(19)27-21)29(22)13-16-9-11-17(25)12-10-16/h5-12,14H,4,13H2,1-3H3. The van der Waals surface area contributed by atoms with Crippen molar-refractivity contribution >= 4 is 44.8 Å². The first-order chi connectivity index (χ1) is 15.0. The van der Waals surface area contributed by atoms with E-state index in [1.54, 1.807) is 4.57 Å². The molecule has 1 atom stereocenters. The zero-order valence-corrected chi connectivity index (χ0v) is 18.4. The lowest BCUT2D eigenvalue weighted by molar-refractivity contribution is 0.496. The molecule has 156 valence electrons. The summed E-state index contributed by atoms with van der Waals surface area (Å²) in [6.45, 7) is 6.51. The Morgan fingerprint density at radius 3 is 2.32 bits per heavy atom. The van der Waals surface area contributed by atoms with E-state index >= 15 is 0 Å². The summed E-state index contributed by atoms with van der Waals surface area (Å²) in [6.07, 6.45) is 0.839. The molecule has 2 aromatic carbocycles. The molecule has 0 fully saturated rings. The van der Waals surface area contributed by atoms with Crippen molar-refractivity contribution in [2.45, 2.75) is 39.8 Å². The molecular formula is C24H22ClN5O. The summed E-state index contributed by atoms with van der Waals surface area (Å²) in [5.41, 5.74) is 4.39. The quantitative estimate of drug-likeness (QED) is 0.388. The van der Waals surface area contributed by atoms with Gasteiger partial charge in [0.15, 0.2) is 11.3 Å². The SMILES string of the molecule is CCC(C)n1c(C)nc2c(c1=O)c1nc3ccccc3nc1n2Cc1ccc(Cl)cc1. The maximum Gasteiger partial charge on any atom is 0.265 e. The van der Waals surface area contributed by atoms with Gasteiger partial charge >= 0.3 is 0 Å². The zero-order valence-electron chi connectivity index (χ0n) is 17.6. The number of fused-ring (bicyclic) bond motifs is 4. The predicted octanol–water partition coefficient (Wildman–Crippen LogP) is 5.28. The van der Waals surface area contributed by atoms with Gasteiger partial charge in [-0.3, -0.25) is 9.36 Å². The van der Waals surface area contributed by atoms with Crippen molar-refractivity contribution in [3.63, 3.8) is 0 Å². The Kier molecular flexibility index (Phi) is 4.74. The highest BCUT2D eigenvalue weighted by molar-refractivity contribution is 6.30. The molecule has 0 saturated heterocycles. The van der Waals surface area contributed by atoms with E-state index in [4.69, 9.17) is 26.6 Å². The van der Waals surface area contributed by atoms with Crippen LogP contribution in [0, 0.1) is 6.92 Å². The lowest BCUT2D eigenvalue weighted by Crippen LogP contribution is -2.26. The molecule has 0 spiro atoms. The molecular weight excluding hydrogens is 410 g/mol. The van der Waals surface area contributed by atoms with Gasteiger partial charge in [0.2, 0.25) is 0 Å². The molecule has 3 heterocycles.